The smallest absolute Gasteiger partial charge is 0.321 e. The van der Waals surface area contributed by atoms with E-state index in [4.69, 9.17) is 10.8 Å². The molecule has 0 saturated heterocycles. The Kier molecular flexibility index (Phi) is 7.27. The van der Waals surface area contributed by atoms with Crippen molar-refractivity contribution in [1.29, 1.82) is 0 Å². The van der Waals surface area contributed by atoms with Gasteiger partial charge >= 0.3 is 11.9 Å². The molecule has 1 aromatic rings. The van der Waals surface area contributed by atoms with E-state index in [0.29, 0.717) is 0 Å². The molecular weight excluding hydrogens is 230 g/mol. The standard InChI is InChI=1S/C7H13NO4.C2H2N2O/c1-4(2)12-6(9)3-5(8)7(10)11;1-2-4-5-3-1/h4-5H,3,8H2,1-2H3,(H,10,11);1-2H. The quantitative estimate of drug-likeness (QED) is 0.698. The summed E-state index contributed by atoms with van der Waals surface area (Å²) in [4.78, 5) is 21.0. The average molecular weight is 245 g/mol. The molecular formula is C9H15N3O5. The summed E-state index contributed by atoms with van der Waals surface area (Å²) in [6, 6.07) is -1.17. The number of aromatic nitrogens is 2. The fraction of sp³-hybridized carbons (Fsp3) is 0.556. The van der Waals surface area contributed by atoms with Crippen molar-refractivity contribution in [2.75, 3.05) is 0 Å². The number of ether oxygens (including phenoxy) is 1. The van der Waals surface area contributed by atoms with Gasteiger partial charge in [0.1, 0.15) is 6.04 Å². The van der Waals surface area contributed by atoms with Crippen LogP contribution in [-0.2, 0) is 14.3 Å². The summed E-state index contributed by atoms with van der Waals surface area (Å²) in [7, 11) is 0. The van der Waals surface area contributed by atoms with Crippen molar-refractivity contribution in [2.45, 2.75) is 32.4 Å². The summed E-state index contributed by atoms with van der Waals surface area (Å²) in [5.41, 5.74) is 5.09. The van der Waals surface area contributed by atoms with Gasteiger partial charge in [-0.15, -0.1) is 0 Å². The highest BCUT2D eigenvalue weighted by Gasteiger charge is 2.17. The van der Waals surface area contributed by atoms with Gasteiger partial charge in [-0.3, -0.25) is 9.59 Å². The van der Waals surface area contributed by atoms with E-state index in [1.54, 1.807) is 13.8 Å². The Morgan fingerprint density at radius 2 is 1.94 bits per heavy atom. The van der Waals surface area contributed by atoms with Crippen molar-refractivity contribution in [3.05, 3.63) is 12.4 Å². The molecule has 3 N–H and O–H groups in total. The van der Waals surface area contributed by atoms with Gasteiger partial charge in [-0.2, -0.15) is 0 Å². The Balaban J connectivity index is 0.000000419. The first kappa shape index (κ1) is 15.0. The molecule has 1 aromatic heterocycles. The van der Waals surface area contributed by atoms with Gasteiger partial charge in [0.2, 0.25) is 0 Å². The number of carbonyl (C=O) groups excluding carboxylic acids is 1. The molecule has 1 rings (SSSR count). The number of rotatable bonds is 4. The minimum absolute atomic E-state index is 0.238. The van der Waals surface area contributed by atoms with E-state index in [1.165, 1.54) is 12.4 Å². The second-order valence-corrected chi connectivity index (χ2v) is 3.28. The first-order valence-corrected chi connectivity index (χ1v) is 4.83. The zero-order chi connectivity index (χ0) is 13.3. The molecule has 0 spiro atoms. The van der Waals surface area contributed by atoms with Crippen LogP contribution in [0.5, 0.6) is 0 Å². The zero-order valence-electron chi connectivity index (χ0n) is 9.57. The molecule has 0 fully saturated rings. The van der Waals surface area contributed by atoms with E-state index in [1.807, 2.05) is 0 Å². The van der Waals surface area contributed by atoms with Gasteiger partial charge < -0.3 is 15.6 Å². The van der Waals surface area contributed by atoms with Gasteiger partial charge in [0.15, 0.2) is 0 Å². The van der Waals surface area contributed by atoms with E-state index in [-0.39, 0.29) is 12.5 Å². The predicted octanol–water partition coefficient (Wildman–Crippen LogP) is -0.190. The van der Waals surface area contributed by atoms with Crippen LogP contribution >= 0.6 is 0 Å². The third-order valence-electron chi connectivity index (χ3n) is 1.35. The molecule has 0 aliphatic rings. The molecule has 0 saturated carbocycles. The Morgan fingerprint density at radius 1 is 1.41 bits per heavy atom. The van der Waals surface area contributed by atoms with Crippen molar-refractivity contribution in [3.8, 4) is 0 Å². The first-order valence-electron chi connectivity index (χ1n) is 4.83. The number of hydrogen-bond acceptors (Lipinski definition) is 7. The van der Waals surface area contributed by atoms with Crippen molar-refractivity contribution in [2.24, 2.45) is 5.73 Å². The Hall–Kier alpha value is -1.96. The Labute approximate surface area is 97.7 Å². The molecule has 8 nitrogen and oxygen atoms in total. The lowest BCUT2D eigenvalue weighted by molar-refractivity contribution is -0.151. The third kappa shape index (κ3) is 9.00. The predicted molar refractivity (Wildman–Crippen MR) is 55.8 cm³/mol. The molecule has 0 aliphatic heterocycles. The zero-order valence-corrected chi connectivity index (χ0v) is 9.57. The number of esters is 1. The number of hydrogen-bond donors (Lipinski definition) is 2. The summed E-state index contributed by atoms with van der Waals surface area (Å²) in [5.74, 6) is -1.78. The molecule has 0 aliphatic carbocycles. The van der Waals surface area contributed by atoms with E-state index in [0.717, 1.165) is 0 Å². The van der Waals surface area contributed by atoms with Crippen molar-refractivity contribution in [3.63, 3.8) is 0 Å². The largest absolute Gasteiger partial charge is 0.480 e. The van der Waals surface area contributed by atoms with E-state index < -0.39 is 18.0 Å². The Bertz CT molecular complexity index is 308. The summed E-state index contributed by atoms with van der Waals surface area (Å²) in [6.45, 7) is 3.37. The van der Waals surface area contributed by atoms with E-state index in [9.17, 15) is 9.59 Å². The first-order chi connectivity index (χ1) is 7.93. The lowest BCUT2D eigenvalue weighted by atomic mass is 10.2. The van der Waals surface area contributed by atoms with Crippen LogP contribution in [0, 0.1) is 0 Å². The number of aliphatic carboxylic acids is 1. The summed E-state index contributed by atoms with van der Waals surface area (Å²) >= 11 is 0. The molecule has 96 valence electrons. The Morgan fingerprint density at radius 3 is 2.24 bits per heavy atom. The molecule has 1 unspecified atom stereocenters. The van der Waals surface area contributed by atoms with Crippen LogP contribution in [-0.4, -0.2) is 39.5 Å². The van der Waals surface area contributed by atoms with Crippen molar-refractivity contribution < 1.29 is 24.1 Å². The van der Waals surface area contributed by atoms with Crippen molar-refractivity contribution >= 4 is 11.9 Å². The van der Waals surface area contributed by atoms with Crippen LogP contribution in [0.4, 0.5) is 0 Å². The average Bonchev–Trinajstić information content (AvgIpc) is 2.73. The van der Waals surface area contributed by atoms with Crippen molar-refractivity contribution in [1.82, 2.24) is 10.3 Å². The van der Waals surface area contributed by atoms with Gasteiger partial charge in [0.05, 0.1) is 24.9 Å². The topological polar surface area (TPSA) is 129 Å². The summed E-state index contributed by atoms with van der Waals surface area (Å²) in [6.07, 6.45) is 2.42. The second-order valence-electron chi connectivity index (χ2n) is 3.28. The molecule has 0 radical (unpaired) electrons. The van der Waals surface area contributed by atoms with Gasteiger partial charge in [0, 0.05) is 0 Å². The lowest BCUT2D eigenvalue weighted by Crippen LogP contribution is -2.33. The number of carboxylic acids is 1. The van der Waals surface area contributed by atoms with Gasteiger partial charge in [-0.25, -0.2) is 4.63 Å². The normalized spacial score (nSPS) is 11.3. The number of carboxylic acid groups (broad SMARTS) is 1. The molecule has 0 amide bonds. The summed E-state index contributed by atoms with van der Waals surface area (Å²) < 4.78 is 8.77. The minimum atomic E-state index is -1.20. The van der Waals surface area contributed by atoms with E-state index in [2.05, 4.69) is 19.7 Å². The van der Waals surface area contributed by atoms with Gasteiger partial charge in [0.25, 0.3) is 0 Å². The van der Waals surface area contributed by atoms with Crippen LogP contribution < -0.4 is 5.73 Å². The highest BCUT2D eigenvalue weighted by atomic mass is 16.6. The molecule has 1 heterocycles. The maximum atomic E-state index is 10.8. The van der Waals surface area contributed by atoms with Crippen LogP contribution in [0.1, 0.15) is 20.3 Å². The van der Waals surface area contributed by atoms with Gasteiger partial charge in [-0.05, 0) is 13.8 Å². The molecule has 0 aromatic carbocycles. The monoisotopic (exact) mass is 245 g/mol. The molecule has 0 bridgehead atoms. The highest BCUT2D eigenvalue weighted by Crippen LogP contribution is 1.96. The number of carbonyl (C=O) groups is 2. The van der Waals surface area contributed by atoms with Crippen LogP contribution in [0.3, 0.4) is 0 Å². The third-order valence-corrected chi connectivity index (χ3v) is 1.35. The molecule has 8 heteroatoms. The summed E-state index contributed by atoms with van der Waals surface area (Å²) in [5, 5.41) is 14.8. The van der Waals surface area contributed by atoms with Crippen LogP contribution in [0.15, 0.2) is 17.0 Å². The second kappa shape index (κ2) is 8.22. The maximum absolute atomic E-state index is 10.8. The molecule has 17 heavy (non-hydrogen) atoms. The van der Waals surface area contributed by atoms with E-state index >= 15 is 0 Å². The van der Waals surface area contributed by atoms with Crippen LogP contribution in [0.25, 0.3) is 0 Å². The number of nitrogens with zero attached hydrogens (tertiary/aromatic N) is 2. The lowest BCUT2D eigenvalue weighted by Gasteiger charge is -2.09. The minimum Gasteiger partial charge on any atom is -0.480 e. The molecule has 1 atom stereocenters. The number of nitrogens with two attached hydrogens (primary N) is 1. The fourth-order valence-electron chi connectivity index (χ4n) is 0.714. The SMILES string of the molecule is CC(C)OC(=O)CC(N)C(=O)O.c1cnon1. The maximum Gasteiger partial charge on any atom is 0.321 e. The van der Waals surface area contributed by atoms with Gasteiger partial charge in [-0.1, -0.05) is 10.3 Å². The van der Waals surface area contributed by atoms with Crippen LogP contribution in [0.2, 0.25) is 0 Å². The fourth-order valence-corrected chi connectivity index (χ4v) is 0.714. The highest BCUT2D eigenvalue weighted by molar-refractivity contribution is 5.81.